The van der Waals surface area contributed by atoms with Crippen LogP contribution in [0.3, 0.4) is 0 Å². The standard InChI is InChI=1S/C18H17N3O2/c1-12-7-8-19-11-15(12)17(22)20-10-14-9-13-5-3-4-6-16(13)21(2)18(14)23/h3-9,11H,10H2,1-2H3,(H,20,22). The van der Waals surface area contributed by atoms with Crippen molar-refractivity contribution >= 4 is 16.8 Å². The summed E-state index contributed by atoms with van der Waals surface area (Å²) in [5.41, 5.74) is 2.69. The van der Waals surface area contributed by atoms with E-state index in [-0.39, 0.29) is 18.0 Å². The fourth-order valence-corrected chi connectivity index (χ4v) is 2.59. The first-order valence-electron chi connectivity index (χ1n) is 7.34. The number of hydrogen-bond acceptors (Lipinski definition) is 3. The normalized spacial score (nSPS) is 10.7. The first kappa shape index (κ1) is 15.0. The minimum Gasteiger partial charge on any atom is -0.348 e. The summed E-state index contributed by atoms with van der Waals surface area (Å²) in [5.74, 6) is -0.231. The molecule has 0 bridgehead atoms. The molecule has 0 aliphatic heterocycles. The van der Waals surface area contributed by atoms with Gasteiger partial charge in [-0.2, -0.15) is 0 Å². The number of rotatable bonds is 3. The topological polar surface area (TPSA) is 64.0 Å². The van der Waals surface area contributed by atoms with Gasteiger partial charge in [0.15, 0.2) is 0 Å². The molecule has 0 aliphatic rings. The van der Waals surface area contributed by atoms with E-state index in [1.165, 1.54) is 6.20 Å². The number of aryl methyl sites for hydroxylation is 2. The number of benzene rings is 1. The van der Waals surface area contributed by atoms with Crippen molar-refractivity contribution < 1.29 is 4.79 Å². The molecule has 1 aromatic carbocycles. The van der Waals surface area contributed by atoms with Gasteiger partial charge in [-0.25, -0.2) is 0 Å². The molecule has 3 aromatic rings. The number of aromatic nitrogens is 2. The molecule has 0 atom stereocenters. The summed E-state index contributed by atoms with van der Waals surface area (Å²) in [6.45, 7) is 2.04. The quantitative estimate of drug-likeness (QED) is 0.806. The van der Waals surface area contributed by atoms with Crippen molar-refractivity contribution in [2.45, 2.75) is 13.5 Å². The Morgan fingerprint density at radius 3 is 2.83 bits per heavy atom. The Kier molecular flexibility index (Phi) is 3.93. The second-order valence-electron chi connectivity index (χ2n) is 5.47. The van der Waals surface area contributed by atoms with E-state index in [0.717, 1.165) is 16.5 Å². The van der Waals surface area contributed by atoms with Crippen molar-refractivity contribution in [2.24, 2.45) is 7.05 Å². The molecule has 0 fully saturated rings. The lowest BCUT2D eigenvalue weighted by Gasteiger charge is -2.10. The third-order valence-electron chi connectivity index (χ3n) is 3.93. The van der Waals surface area contributed by atoms with Crippen LogP contribution in [0, 0.1) is 6.92 Å². The molecule has 3 rings (SSSR count). The van der Waals surface area contributed by atoms with Gasteiger partial charge in [0.05, 0.1) is 11.1 Å². The number of nitrogens with one attached hydrogen (secondary N) is 1. The average molecular weight is 307 g/mol. The Morgan fingerprint density at radius 2 is 2.04 bits per heavy atom. The largest absolute Gasteiger partial charge is 0.348 e. The Morgan fingerprint density at radius 1 is 1.26 bits per heavy atom. The van der Waals surface area contributed by atoms with Crippen LogP contribution in [0.25, 0.3) is 10.9 Å². The van der Waals surface area contributed by atoms with Crippen molar-refractivity contribution in [3.63, 3.8) is 0 Å². The van der Waals surface area contributed by atoms with E-state index in [2.05, 4.69) is 10.3 Å². The summed E-state index contributed by atoms with van der Waals surface area (Å²) in [6.07, 6.45) is 3.17. The molecule has 0 saturated heterocycles. The molecule has 1 amide bonds. The van der Waals surface area contributed by atoms with Crippen molar-refractivity contribution in [1.29, 1.82) is 0 Å². The van der Waals surface area contributed by atoms with Crippen LogP contribution in [-0.2, 0) is 13.6 Å². The third kappa shape index (κ3) is 2.85. The zero-order valence-electron chi connectivity index (χ0n) is 13.0. The third-order valence-corrected chi connectivity index (χ3v) is 3.93. The fourth-order valence-electron chi connectivity index (χ4n) is 2.59. The highest BCUT2D eigenvalue weighted by atomic mass is 16.2. The first-order valence-corrected chi connectivity index (χ1v) is 7.34. The van der Waals surface area contributed by atoms with E-state index >= 15 is 0 Å². The van der Waals surface area contributed by atoms with E-state index in [0.29, 0.717) is 11.1 Å². The number of carbonyl (C=O) groups excluding carboxylic acids is 1. The summed E-state index contributed by atoms with van der Waals surface area (Å²) in [7, 11) is 1.74. The van der Waals surface area contributed by atoms with Crippen LogP contribution in [0.2, 0.25) is 0 Å². The van der Waals surface area contributed by atoms with Crippen LogP contribution in [0.5, 0.6) is 0 Å². The van der Waals surface area contributed by atoms with Crippen molar-refractivity contribution in [2.75, 3.05) is 0 Å². The Balaban J connectivity index is 1.88. The predicted molar refractivity (Wildman–Crippen MR) is 89.3 cm³/mol. The van der Waals surface area contributed by atoms with E-state index in [1.807, 2.05) is 37.3 Å². The number of para-hydroxylation sites is 1. The molecule has 23 heavy (non-hydrogen) atoms. The van der Waals surface area contributed by atoms with Crippen LogP contribution in [0.15, 0.2) is 53.6 Å². The molecular formula is C18H17N3O2. The van der Waals surface area contributed by atoms with Crippen LogP contribution < -0.4 is 10.9 Å². The second kappa shape index (κ2) is 6.04. The zero-order chi connectivity index (χ0) is 16.4. The van der Waals surface area contributed by atoms with Crippen LogP contribution in [0.1, 0.15) is 21.5 Å². The minimum absolute atomic E-state index is 0.105. The van der Waals surface area contributed by atoms with E-state index in [4.69, 9.17) is 0 Å². The van der Waals surface area contributed by atoms with Gasteiger partial charge in [-0.3, -0.25) is 14.6 Å². The number of fused-ring (bicyclic) bond motifs is 1. The van der Waals surface area contributed by atoms with Gasteiger partial charge in [0.2, 0.25) is 0 Å². The van der Waals surface area contributed by atoms with Crippen LogP contribution >= 0.6 is 0 Å². The summed E-state index contributed by atoms with van der Waals surface area (Å²) < 4.78 is 1.60. The highest BCUT2D eigenvalue weighted by Crippen LogP contribution is 2.12. The molecule has 0 unspecified atom stereocenters. The van der Waals surface area contributed by atoms with Crippen molar-refractivity contribution in [3.05, 3.63) is 75.8 Å². The number of hydrogen-bond donors (Lipinski definition) is 1. The summed E-state index contributed by atoms with van der Waals surface area (Å²) >= 11 is 0. The molecule has 5 heteroatoms. The highest BCUT2D eigenvalue weighted by molar-refractivity contribution is 5.95. The van der Waals surface area contributed by atoms with Crippen LogP contribution in [0.4, 0.5) is 0 Å². The molecule has 0 radical (unpaired) electrons. The molecule has 0 aliphatic carbocycles. The lowest BCUT2D eigenvalue weighted by Crippen LogP contribution is -2.29. The molecule has 2 heterocycles. The number of amides is 1. The second-order valence-corrected chi connectivity index (χ2v) is 5.47. The average Bonchev–Trinajstić information content (AvgIpc) is 2.57. The SMILES string of the molecule is Cc1ccncc1C(=O)NCc1cc2ccccc2n(C)c1=O. The van der Waals surface area contributed by atoms with Gasteiger partial charge in [-0.05, 0) is 36.1 Å². The maximum atomic E-state index is 12.4. The van der Waals surface area contributed by atoms with Gasteiger partial charge < -0.3 is 9.88 Å². The Hall–Kier alpha value is -2.95. The van der Waals surface area contributed by atoms with E-state index in [9.17, 15) is 9.59 Å². The smallest absolute Gasteiger partial charge is 0.255 e. The monoisotopic (exact) mass is 307 g/mol. The van der Waals surface area contributed by atoms with Gasteiger partial charge >= 0.3 is 0 Å². The van der Waals surface area contributed by atoms with Gasteiger partial charge in [0, 0.05) is 31.5 Å². The molecule has 1 N–H and O–H groups in total. The molecule has 5 nitrogen and oxygen atoms in total. The summed E-state index contributed by atoms with van der Waals surface area (Å²) in [5, 5.41) is 3.77. The number of carbonyl (C=O) groups is 1. The van der Waals surface area contributed by atoms with E-state index < -0.39 is 0 Å². The summed E-state index contributed by atoms with van der Waals surface area (Å²) in [6, 6.07) is 11.3. The van der Waals surface area contributed by atoms with Gasteiger partial charge in [0.1, 0.15) is 0 Å². The van der Waals surface area contributed by atoms with Crippen molar-refractivity contribution in [3.8, 4) is 0 Å². The predicted octanol–water partition coefficient (Wildman–Crippen LogP) is 2.17. The van der Waals surface area contributed by atoms with E-state index in [1.54, 1.807) is 23.9 Å². The van der Waals surface area contributed by atoms with Gasteiger partial charge in [-0.1, -0.05) is 18.2 Å². The van der Waals surface area contributed by atoms with Crippen LogP contribution in [-0.4, -0.2) is 15.5 Å². The molecule has 0 spiro atoms. The van der Waals surface area contributed by atoms with Gasteiger partial charge in [-0.15, -0.1) is 0 Å². The lowest BCUT2D eigenvalue weighted by atomic mass is 10.1. The maximum Gasteiger partial charge on any atom is 0.255 e. The zero-order valence-corrected chi connectivity index (χ0v) is 13.0. The maximum absolute atomic E-state index is 12.4. The molecule has 2 aromatic heterocycles. The molecular weight excluding hydrogens is 290 g/mol. The minimum atomic E-state index is -0.231. The first-order chi connectivity index (χ1) is 11.1. The Bertz CT molecular complexity index is 944. The fraction of sp³-hybridized carbons (Fsp3) is 0.167. The molecule has 0 saturated carbocycles. The Labute approximate surface area is 133 Å². The number of nitrogens with zero attached hydrogens (tertiary/aromatic N) is 2. The lowest BCUT2D eigenvalue weighted by molar-refractivity contribution is 0.0950. The van der Waals surface area contributed by atoms with Gasteiger partial charge in [0.25, 0.3) is 11.5 Å². The summed E-state index contributed by atoms with van der Waals surface area (Å²) in [4.78, 5) is 28.6. The number of pyridine rings is 2. The highest BCUT2D eigenvalue weighted by Gasteiger charge is 2.11. The van der Waals surface area contributed by atoms with Crippen molar-refractivity contribution in [1.82, 2.24) is 14.9 Å². The molecule has 116 valence electrons.